The highest BCUT2D eigenvalue weighted by atomic mass is 19.1. The van der Waals surface area contributed by atoms with Crippen molar-refractivity contribution in [1.82, 2.24) is 14.8 Å². The Morgan fingerprint density at radius 1 is 1.29 bits per heavy atom. The van der Waals surface area contributed by atoms with Crippen LogP contribution in [0, 0.1) is 5.82 Å². The predicted molar refractivity (Wildman–Crippen MR) is 80.2 cm³/mol. The monoisotopic (exact) mass is 284 g/mol. The van der Waals surface area contributed by atoms with E-state index in [2.05, 4.69) is 10.1 Å². The molecule has 108 valence electrons. The Balaban J connectivity index is 1.97. The van der Waals surface area contributed by atoms with Gasteiger partial charge >= 0.3 is 0 Å². The van der Waals surface area contributed by atoms with Gasteiger partial charge in [-0.3, -0.25) is 9.67 Å². The van der Waals surface area contributed by atoms with E-state index in [0.717, 1.165) is 23.1 Å². The molecule has 0 radical (unpaired) electrons. The summed E-state index contributed by atoms with van der Waals surface area (Å²) in [4.78, 5) is 3.75. The first-order valence-electron chi connectivity index (χ1n) is 7.00. The van der Waals surface area contributed by atoms with Crippen molar-refractivity contribution in [3.63, 3.8) is 0 Å². The molecule has 0 saturated heterocycles. The maximum Gasteiger partial charge on any atom is 0.146 e. The SMILES string of the molecule is CCn1nc(CC(N)c2ccncc2F)c2ccccc21. The summed E-state index contributed by atoms with van der Waals surface area (Å²) in [5.41, 5.74) is 8.61. The van der Waals surface area contributed by atoms with E-state index in [-0.39, 0.29) is 5.82 Å². The lowest BCUT2D eigenvalue weighted by atomic mass is 10.0. The van der Waals surface area contributed by atoms with Gasteiger partial charge in [0, 0.05) is 36.2 Å². The van der Waals surface area contributed by atoms with Gasteiger partial charge in [0.1, 0.15) is 5.82 Å². The Morgan fingerprint density at radius 2 is 2.10 bits per heavy atom. The number of para-hydroxylation sites is 1. The van der Waals surface area contributed by atoms with E-state index in [1.807, 2.05) is 35.9 Å². The predicted octanol–water partition coefficient (Wildman–Crippen LogP) is 2.83. The molecule has 5 heteroatoms. The molecule has 0 bridgehead atoms. The Bertz CT molecular complexity index is 766. The summed E-state index contributed by atoms with van der Waals surface area (Å²) in [5, 5.41) is 5.67. The first-order valence-corrected chi connectivity index (χ1v) is 7.00. The van der Waals surface area contributed by atoms with E-state index in [1.165, 1.54) is 6.20 Å². The first-order chi connectivity index (χ1) is 10.2. The maximum absolute atomic E-state index is 13.8. The molecule has 2 N–H and O–H groups in total. The highest BCUT2D eigenvalue weighted by Crippen LogP contribution is 2.24. The van der Waals surface area contributed by atoms with Gasteiger partial charge in [-0.2, -0.15) is 5.10 Å². The molecule has 2 aromatic heterocycles. The molecule has 2 heterocycles. The number of benzene rings is 1. The summed E-state index contributed by atoms with van der Waals surface area (Å²) in [6.07, 6.45) is 3.24. The fraction of sp³-hybridized carbons (Fsp3) is 0.250. The Kier molecular flexibility index (Phi) is 3.66. The number of nitrogens with two attached hydrogens (primary N) is 1. The lowest BCUT2D eigenvalue weighted by molar-refractivity contribution is 0.569. The third-order valence-electron chi connectivity index (χ3n) is 3.65. The molecule has 3 aromatic rings. The van der Waals surface area contributed by atoms with Gasteiger partial charge in [0.2, 0.25) is 0 Å². The van der Waals surface area contributed by atoms with Crippen LogP contribution in [0.1, 0.15) is 24.2 Å². The minimum Gasteiger partial charge on any atom is -0.324 e. The van der Waals surface area contributed by atoms with Gasteiger partial charge in [-0.25, -0.2) is 4.39 Å². The van der Waals surface area contributed by atoms with Gasteiger partial charge in [0.25, 0.3) is 0 Å². The standard InChI is InChI=1S/C16H17FN4/c1-2-21-16-6-4-3-5-12(16)15(20-21)9-14(18)11-7-8-19-10-13(11)17/h3-8,10,14H,2,9,18H2,1H3. The molecule has 1 aromatic carbocycles. The van der Waals surface area contributed by atoms with Gasteiger partial charge in [-0.15, -0.1) is 0 Å². The molecule has 0 aliphatic carbocycles. The highest BCUT2D eigenvalue weighted by Gasteiger charge is 2.16. The second kappa shape index (κ2) is 5.61. The normalized spacial score (nSPS) is 12.7. The Hall–Kier alpha value is -2.27. The van der Waals surface area contributed by atoms with Crippen molar-refractivity contribution >= 4 is 10.9 Å². The summed E-state index contributed by atoms with van der Waals surface area (Å²) in [6, 6.07) is 9.22. The van der Waals surface area contributed by atoms with Crippen molar-refractivity contribution in [2.24, 2.45) is 5.73 Å². The molecular formula is C16H17FN4. The third-order valence-corrected chi connectivity index (χ3v) is 3.65. The zero-order chi connectivity index (χ0) is 14.8. The molecule has 0 aliphatic heterocycles. The van der Waals surface area contributed by atoms with Crippen molar-refractivity contribution in [2.75, 3.05) is 0 Å². The van der Waals surface area contributed by atoms with E-state index in [9.17, 15) is 4.39 Å². The average Bonchev–Trinajstić information content (AvgIpc) is 2.86. The number of fused-ring (bicyclic) bond motifs is 1. The first kappa shape index (κ1) is 13.7. The average molecular weight is 284 g/mol. The van der Waals surface area contributed by atoms with Crippen LogP contribution in [0.15, 0.2) is 42.7 Å². The van der Waals surface area contributed by atoms with Crippen LogP contribution in [0.25, 0.3) is 10.9 Å². The molecule has 3 rings (SSSR count). The van der Waals surface area contributed by atoms with Crippen molar-refractivity contribution < 1.29 is 4.39 Å². The fourth-order valence-corrected chi connectivity index (χ4v) is 2.59. The number of pyridine rings is 1. The lowest BCUT2D eigenvalue weighted by Gasteiger charge is -2.11. The van der Waals surface area contributed by atoms with Gasteiger partial charge in [0.15, 0.2) is 0 Å². The van der Waals surface area contributed by atoms with E-state index in [1.54, 1.807) is 12.3 Å². The molecule has 1 unspecified atom stereocenters. The lowest BCUT2D eigenvalue weighted by Crippen LogP contribution is -2.15. The largest absolute Gasteiger partial charge is 0.324 e. The van der Waals surface area contributed by atoms with Crippen molar-refractivity contribution in [3.8, 4) is 0 Å². The van der Waals surface area contributed by atoms with Crippen LogP contribution in [0.5, 0.6) is 0 Å². The number of hydrogen-bond donors (Lipinski definition) is 1. The molecule has 21 heavy (non-hydrogen) atoms. The second-order valence-electron chi connectivity index (χ2n) is 4.99. The fourth-order valence-electron chi connectivity index (χ4n) is 2.59. The molecule has 0 spiro atoms. The van der Waals surface area contributed by atoms with E-state index < -0.39 is 6.04 Å². The number of hydrogen-bond acceptors (Lipinski definition) is 3. The minimum absolute atomic E-state index is 0.371. The van der Waals surface area contributed by atoms with Gasteiger partial charge in [-0.1, -0.05) is 18.2 Å². The van der Waals surface area contributed by atoms with Crippen LogP contribution in [0.2, 0.25) is 0 Å². The molecular weight excluding hydrogens is 267 g/mol. The quantitative estimate of drug-likeness (QED) is 0.801. The topological polar surface area (TPSA) is 56.7 Å². The Morgan fingerprint density at radius 3 is 2.86 bits per heavy atom. The molecule has 0 amide bonds. The van der Waals surface area contributed by atoms with Gasteiger partial charge in [-0.05, 0) is 19.1 Å². The second-order valence-corrected chi connectivity index (χ2v) is 4.99. The van der Waals surface area contributed by atoms with Crippen LogP contribution in [-0.4, -0.2) is 14.8 Å². The van der Waals surface area contributed by atoms with Gasteiger partial charge in [0.05, 0.1) is 17.4 Å². The highest BCUT2D eigenvalue weighted by molar-refractivity contribution is 5.82. The van der Waals surface area contributed by atoms with Crippen molar-refractivity contribution in [2.45, 2.75) is 25.9 Å². The smallest absolute Gasteiger partial charge is 0.146 e. The third kappa shape index (κ3) is 2.52. The number of nitrogens with zero attached hydrogens (tertiary/aromatic N) is 3. The molecule has 4 nitrogen and oxygen atoms in total. The summed E-state index contributed by atoms with van der Waals surface area (Å²) < 4.78 is 15.7. The summed E-state index contributed by atoms with van der Waals surface area (Å²) in [5.74, 6) is -0.371. The Labute approximate surface area is 122 Å². The van der Waals surface area contributed by atoms with Crippen LogP contribution >= 0.6 is 0 Å². The number of aryl methyl sites for hydroxylation is 1. The van der Waals surface area contributed by atoms with Gasteiger partial charge < -0.3 is 5.73 Å². The van der Waals surface area contributed by atoms with Crippen molar-refractivity contribution in [1.29, 1.82) is 0 Å². The van der Waals surface area contributed by atoms with E-state index in [0.29, 0.717) is 12.0 Å². The van der Waals surface area contributed by atoms with Crippen LogP contribution < -0.4 is 5.73 Å². The summed E-state index contributed by atoms with van der Waals surface area (Å²) in [6.45, 7) is 2.84. The van der Waals surface area contributed by atoms with Crippen molar-refractivity contribution in [3.05, 3.63) is 59.8 Å². The zero-order valence-corrected chi connectivity index (χ0v) is 11.8. The minimum atomic E-state index is -0.434. The molecule has 0 saturated carbocycles. The summed E-state index contributed by atoms with van der Waals surface area (Å²) in [7, 11) is 0. The van der Waals surface area contributed by atoms with Crippen LogP contribution in [0.4, 0.5) is 4.39 Å². The van der Waals surface area contributed by atoms with Crippen LogP contribution in [-0.2, 0) is 13.0 Å². The zero-order valence-electron chi connectivity index (χ0n) is 11.8. The van der Waals surface area contributed by atoms with E-state index in [4.69, 9.17) is 5.73 Å². The summed E-state index contributed by atoms with van der Waals surface area (Å²) >= 11 is 0. The molecule has 0 aliphatic rings. The van der Waals surface area contributed by atoms with E-state index >= 15 is 0 Å². The number of halogens is 1. The molecule has 0 fully saturated rings. The number of aromatic nitrogens is 3. The molecule has 1 atom stereocenters. The number of rotatable bonds is 4. The van der Waals surface area contributed by atoms with Crippen LogP contribution in [0.3, 0.4) is 0 Å². The maximum atomic E-state index is 13.8.